The van der Waals surface area contributed by atoms with Crippen LogP contribution >= 0.6 is 0 Å². The maximum Gasteiger partial charge on any atom is 0.306 e. The van der Waals surface area contributed by atoms with Crippen molar-refractivity contribution in [3.63, 3.8) is 0 Å². The van der Waals surface area contributed by atoms with Crippen molar-refractivity contribution in [1.29, 1.82) is 0 Å². The molecule has 0 radical (unpaired) electrons. The molecule has 0 aromatic heterocycles. The van der Waals surface area contributed by atoms with Crippen LogP contribution in [0.15, 0.2) is 12.2 Å². The second-order valence-corrected chi connectivity index (χ2v) is 14.1. The molecule has 0 bridgehead atoms. The van der Waals surface area contributed by atoms with Crippen molar-refractivity contribution in [3.8, 4) is 0 Å². The molecule has 0 heterocycles. The van der Waals surface area contributed by atoms with Gasteiger partial charge in [-0.3, -0.25) is 9.59 Å². The van der Waals surface area contributed by atoms with Gasteiger partial charge >= 0.3 is 11.9 Å². The first-order chi connectivity index (χ1) is 23.1. The van der Waals surface area contributed by atoms with Gasteiger partial charge in [0.1, 0.15) is 6.61 Å². The molecule has 5 nitrogen and oxygen atoms in total. The van der Waals surface area contributed by atoms with E-state index < -0.39 is 6.10 Å². The van der Waals surface area contributed by atoms with Crippen molar-refractivity contribution in [2.24, 2.45) is 0 Å². The number of ether oxygens (including phenoxy) is 2. The highest BCUT2D eigenvalue weighted by Crippen LogP contribution is 2.16. The number of hydrogen-bond donors (Lipinski definition) is 1. The molecular formula is C42H80O5. The summed E-state index contributed by atoms with van der Waals surface area (Å²) in [7, 11) is 0. The van der Waals surface area contributed by atoms with Crippen molar-refractivity contribution >= 4 is 11.9 Å². The lowest BCUT2D eigenvalue weighted by Crippen LogP contribution is -2.28. The van der Waals surface area contributed by atoms with Crippen molar-refractivity contribution in [1.82, 2.24) is 0 Å². The van der Waals surface area contributed by atoms with Crippen LogP contribution in [0.4, 0.5) is 0 Å². The SMILES string of the molecule is CCC/C=C\CCCCCCCC(=O)OC(CO)COC(=O)CCCCCCCCCCCCCCCCCCCCCCCCC. The Hall–Kier alpha value is -1.36. The molecule has 0 aromatic carbocycles. The summed E-state index contributed by atoms with van der Waals surface area (Å²) < 4.78 is 10.6. The van der Waals surface area contributed by atoms with Crippen molar-refractivity contribution < 1.29 is 24.2 Å². The summed E-state index contributed by atoms with van der Waals surface area (Å²) >= 11 is 0. The number of aliphatic hydroxyl groups excluding tert-OH is 1. The molecule has 0 saturated carbocycles. The molecule has 0 rings (SSSR count). The molecule has 0 aromatic rings. The first kappa shape index (κ1) is 45.6. The van der Waals surface area contributed by atoms with Gasteiger partial charge in [-0.25, -0.2) is 0 Å². The summed E-state index contributed by atoms with van der Waals surface area (Å²) in [6.07, 6.45) is 44.4. The van der Waals surface area contributed by atoms with Crippen molar-refractivity contribution in [2.75, 3.05) is 13.2 Å². The number of rotatable bonds is 38. The average molecular weight is 665 g/mol. The lowest BCUT2D eigenvalue weighted by atomic mass is 10.0. The van der Waals surface area contributed by atoms with Crippen LogP contribution < -0.4 is 0 Å². The minimum absolute atomic E-state index is 0.0635. The topological polar surface area (TPSA) is 72.8 Å². The Labute approximate surface area is 292 Å². The number of aliphatic hydroxyl groups is 1. The standard InChI is InChI=1S/C42H80O5/c1-3-5-7-9-11-13-15-16-17-18-19-20-21-22-23-24-25-26-27-29-30-32-34-36-41(44)46-39-40(38-43)47-42(45)37-35-33-31-28-14-12-10-8-6-4-2/h8,10,40,43H,3-7,9,11-39H2,1-2H3/b10-8-. The predicted molar refractivity (Wildman–Crippen MR) is 201 cm³/mol. The lowest BCUT2D eigenvalue weighted by Gasteiger charge is -2.15. The number of hydrogen-bond acceptors (Lipinski definition) is 5. The maximum absolute atomic E-state index is 12.1. The molecule has 278 valence electrons. The molecular weight excluding hydrogens is 584 g/mol. The Kier molecular flexibility index (Phi) is 38.0. The summed E-state index contributed by atoms with van der Waals surface area (Å²) in [6, 6.07) is 0. The van der Waals surface area contributed by atoms with Gasteiger partial charge in [-0.05, 0) is 32.1 Å². The molecule has 0 spiro atoms. The van der Waals surface area contributed by atoms with Crippen LogP contribution in [0.3, 0.4) is 0 Å². The number of carbonyl (C=O) groups excluding carboxylic acids is 2. The van der Waals surface area contributed by atoms with E-state index in [2.05, 4.69) is 26.0 Å². The second-order valence-electron chi connectivity index (χ2n) is 14.1. The first-order valence-electron chi connectivity index (χ1n) is 20.7. The summed E-state index contributed by atoms with van der Waals surface area (Å²) in [5, 5.41) is 9.53. The van der Waals surface area contributed by atoms with Crippen LogP contribution in [0.1, 0.15) is 226 Å². The van der Waals surface area contributed by atoms with E-state index in [0.717, 1.165) is 44.9 Å². The van der Waals surface area contributed by atoms with Gasteiger partial charge < -0.3 is 14.6 Å². The van der Waals surface area contributed by atoms with Crippen molar-refractivity contribution in [2.45, 2.75) is 232 Å². The third-order valence-electron chi connectivity index (χ3n) is 9.29. The molecule has 0 aliphatic heterocycles. The number of allylic oxidation sites excluding steroid dienone is 2. The smallest absolute Gasteiger partial charge is 0.306 e. The zero-order chi connectivity index (χ0) is 34.3. The van der Waals surface area contributed by atoms with E-state index in [0.29, 0.717) is 12.8 Å². The van der Waals surface area contributed by atoms with E-state index in [4.69, 9.17) is 9.47 Å². The van der Waals surface area contributed by atoms with Crippen LogP contribution in [0.5, 0.6) is 0 Å². The van der Waals surface area contributed by atoms with Crippen molar-refractivity contribution in [3.05, 3.63) is 12.2 Å². The average Bonchev–Trinajstić information content (AvgIpc) is 3.07. The molecule has 0 aliphatic rings. The molecule has 0 fully saturated rings. The van der Waals surface area contributed by atoms with Crippen LogP contribution in [-0.4, -0.2) is 36.4 Å². The summed E-state index contributed by atoms with van der Waals surface area (Å²) in [5.74, 6) is -0.593. The van der Waals surface area contributed by atoms with Crippen LogP contribution in [0.2, 0.25) is 0 Å². The highest BCUT2D eigenvalue weighted by atomic mass is 16.6. The Balaban J connectivity index is 3.43. The Bertz CT molecular complexity index is 676. The molecule has 1 atom stereocenters. The normalized spacial score (nSPS) is 12.1. The van der Waals surface area contributed by atoms with Gasteiger partial charge in [0.2, 0.25) is 0 Å². The third kappa shape index (κ3) is 37.3. The lowest BCUT2D eigenvalue weighted by molar-refractivity contribution is -0.161. The third-order valence-corrected chi connectivity index (χ3v) is 9.29. The van der Waals surface area contributed by atoms with Gasteiger partial charge in [-0.15, -0.1) is 0 Å². The molecule has 5 heteroatoms. The number of unbranched alkanes of at least 4 members (excludes halogenated alkanes) is 28. The summed E-state index contributed by atoms with van der Waals surface area (Å²) in [5.41, 5.74) is 0. The largest absolute Gasteiger partial charge is 0.462 e. The Morgan fingerprint density at radius 1 is 0.468 bits per heavy atom. The van der Waals surface area contributed by atoms with Gasteiger partial charge in [0.05, 0.1) is 6.61 Å². The molecule has 0 amide bonds. The monoisotopic (exact) mass is 665 g/mol. The minimum Gasteiger partial charge on any atom is -0.462 e. The van der Waals surface area contributed by atoms with Gasteiger partial charge in [-0.2, -0.15) is 0 Å². The fraction of sp³-hybridized carbons (Fsp3) is 0.905. The number of carbonyl (C=O) groups is 2. The predicted octanol–water partition coefficient (Wildman–Crippen LogP) is 12.9. The quantitative estimate of drug-likeness (QED) is 0.0404. The van der Waals surface area contributed by atoms with Crippen LogP contribution in [-0.2, 0) is 19.1 Å². The van der Waals surface area contributed by atoms with E-state index in [1.807, 2.05) is 0 Å². The Morgan fingerprint density at radius 3 is 1.23 bits per heavy atom. The van der Waals surface area contributed by atoms with Gasteiger partial charge in [0.25, 0.3) is 0 Å². The molecule has 1 N–H and O–H groups in total. The van der Waals surface area contributed by atoms with E-state index in [9.17, 15) is 14.7 Å². The first-order valence-corrected chi connectivity index (χ1v) is 20.7. The van der Waals surface area contributed by atoms with Gasteiger partial charge in [0.15, 0.2) is 6.10 Å². The molecule has 47 heavy (non-hydrogen) atoms. The zero-order valence-electron chi connectivity index (χ0n) is 31.6. The van der Waals surface area contributed by atoms with E-state index in [1.165, 1.54) is 154 Å². The zero-order valence-corrected chi connectivity index (χ0v) is 31.6. The highest BCUT2D eigenvalue weighted by molar-refractivity contribution is 5.70. The van der Waals surface area contributed by atoms with E-state index >= 15 is 0 Å². The molecule has 0 saturated heterocycles. The fourth-order valence-corrected chi connectivity index (χ4v) is 6.15. The maximum atomic E-state index is 12.1. The fourth-order valence-electron chi connectivity index (χ4n) is 6.15. The van der Waals surface area contributed by atoms with E-state index in [1.54, 1.807) is 0 Å². The molecule has 1 unspecified atom stereocenters. The highest BCUT2D eigenvalue weighted by Gasteiger charge is 2.16. The number of esters is 2. The summed E-state index contributed by atoms with van der Waals surface area (Å²) in [6.45, 7) is 4.09. The van der Waals surface area contributed by atoms with Gasteiger partial charge in [-0.1, -0.05) is 193 Å². The Morgan fingerprint density at radius 2 is 0.830 bits per heavy atom. The molecule has 0 aliphatic carbocycles. The second kappa shape index (κ2) is 39.1. The van der Waals surface area contributed by atoms with Gasteiger partial charge in [0, 0.05) is 12.8 Å². The van der Waals surface area contributed by atoms with Crippen LogP contribution in [0.25, 0.3) is 0 Å². The minimum atomic E-state index is -0.768. The summed E-state index contributed by atoms with van der Waals surface area (Å²) in [4.78, 5) is 24.2. The van der Waals surface area contributed by atoms with Crippen LogP contribution in [0, 0.1) is 0 Å². The van der Waals surface area contributed by atoms with E-state index in [-0.39, 0.29) is 25.2 Å².